The first-order valence-electron chi connectivity index (χ1n) is 7.02. The molecule has 0 saturated heterocycles. The third-order valence-electron chi connectivity index (χ3n) is 4.27. The second-order valence-corrected chi connectivity index (χ2v) is 5.87. The molecule has 1 nitrogen and oxygen atoms in total. The van der Waals surface area contributed by atoms with E-state index in [4.69, 9.17) is 0 Å². The quantitative estimate of drug-likeness (QED) is 0.857. The lowest BCUT2D eigenvalue weighted by Crippen LogP contribution is -2.30. The van der Waals surface area contributed by atoms with Crippen LogP contribution in [0.3, 0.4) is 0 Å². The van der Waals surface area contributed by atoms with Crippen LogP contribution in [0.2, 0.25) is 0 Å². The third-order valence-corrected chi connectivity index (χ3v) is 4.27. The first-order chi connectivity index (χ1) is 8.61. The number of rotatable bonds is 3. The van der Waals surface area contributed by atoms with Crippen molar-refractivity contribution in [3.63, 3.8) is 0 Å². The number of nitrogens with one attached hydrogen (secondary N) is 1. The van der Waals surface area contributed by atoms with Crippen LogP contribution in [0.4, 0.5) is 4.39 Å². The Balaban J connectivity index is 2.28. The lowest BCUT2D eigenvalue weighted by Gasteiger charge is -2.35. The number of benzene rings is 1. The van der Waals surface area contributed by atoms with Gasteiger partial charge in [0.15, 0.2) is 0 Å². The highest BCUT2D eigenvalue weighted by Crippen LogP contribution is 2.41. The Labute approximate surface area is 110 Å². The van der Waals surface area contributed by atoms with E-state index in [1.165, 1.54) is 12.8 Å². The molecule has 0 bridgehead atoms. The van der Waals surface area contributed by atoms with Crippen molar-refractivity contribution in [3.05, 3.63) is 35.1 Å². The second kappa shape index (κ2) is 5.83. The molecule has 1 aliphatic rings. The molecule has 1 aromatic carbocycles. The smallest absolute Gasteiger partial charge is 0.126 e. The van der Waals surface area contributed by atoms with Gasteiger partial charge in [-0.25, -0.2) is 4.39 Å². The van der Waals surface area contributed by atoms with E-state index in [2.05, 4.69) is 12.2 Å². The van der Waals surface area contributed by atoms with Gasteiger partial charge in [0, 0.05) is 0 Å². The van der Waals surface area contributed by atoms with E-state index < -0.39 is 0 Å². The van der Waals surface area contributed by atoms with Gasteiger partial charge < -0.3 is 5.32 Å². The zero-order chi connectivity index (χ0) is 13.1. The molecule has 3 atom stereocenters. The summed E-state index contributed by atoms with van der Waals surface area (Å²) < 4.78 is 14.1. The molecule has 2 rings (SSSR count). The molecule has 1 N–H and O–H groups in total. The predicted octanol–water partition coefficient (Wildman–Crippen LogP) is 3.87. The topological polar surface area (TPSA) is 12.0 Å². The van der Waals surface area contributed by atoms with Gasteiger partial charge in [-0.3, -0.25) is 0 Å². The van der Waals surface area contributed by atoms with Crippen LogP contribution < -0.4 is 5.32 Å². The van der Waals surface area contributed by atoms with E-state index in [0.29, 0.717) is 17.8 Å². The molecule has 2 heteroatoms. The maximum absolute atomic E-state index is 14.1. The van der Waals surface area contributed by atoms with Gasteiger partial charge >= 0.3 is 0 Å². The van der Waals surface area contributed by atoms with Gasteiger partial charge in [-0.15, -0.1) is 0 Å². The van der Waals surface area contributed by atoms with Gasteiger partial charge in [0.25, 0.3) is 0 Å². The van der Waals surface area contributed by atoms with E-state index in [9.17, 15) is 4.39 Å². The van der Waals surface area contributed by atoms with Crippen molar-refractivity contribution in [3.8, 4) is 0 Å². The molecule has 100 valence electrons. The van der Waals surface area contributed by atoms with Crippen LogP contribution in [0.15, 0.2) is 18.2 Å². The predicted molar refractivity (Wildman–Crippen MR) is 74.3 cm³/mol. The number of halogens is 1. The third kappa shape index (κ3) is 2.92. The highest BCUT2D eigenvalue weighted by Gasteiger charge is 2.30. The normalized spacial score (nSPS) is 28.3. The highest BCUT2D eigenvalue weighted by molar-refractivity contribution is 5.28. The lowest BCUT2D eigenvalue weighted by atomic mass is 9.71. The zero-order valence-corrected chi connectivity index (χ0v) is 11.7. The molecule has 1 saturated carbocycles. The Morgan fingerprint density at radius 3 is 2.83 bits per heavy atom. The highest BCUT2D eigenvalue weighted by atomic mass is 19.1. The van der Waals surface area contributed by atoms with Gasteiger partial charge in [0.2, 0.25) is 0 Å². The van der Waals surface area contributed by atoms with Crippen LogP contribution in [-0.2, 0) is 0 Å². The Morgan fingerprint density at radius 1 is 1.33 bits per heavy atom. The fourth-order valence-corrected chi connectivity index (χ4v) is 3.28. The van der Waals surface area contributed by atoms with Crippen LogP contribution in [0.1, 0.15) is 43.2 Å². The summed E-state index contributed by atoms with van der Waals surface area (Å²) >= 11 is 0. The Hall–Kier alpha value is -0.890. The summed E-state index contributed by atoms with van der Waals surface area (Å²) in [5.74, 6) is 1.63. The minimum atomic E-state index is -0.0270. The molecule has 1 aliphatic carbocycles. The monoisotopic (exact) mass is 249 g/mol. The molecule has 0 heterocycles. The average Bonchev–Trinajstić information content (AvgIpc) is 2.35. The molecule has 0 radical (unpaired) electrons. The van der Waals surface area contributed by atoms with Gasteiger partial charge in [0.1, 0.15) is 5.82 Å². The summed E-state index contributed by atoms with van der Waals surface area (Å²) in [5, 5.41) is 3.26. The van der Waals surface area contributed by atoms with Crippen LogP contribution in [-0.4, -0.2) is 13.6 Å². The maximum atomic E-state index is 14.1. The number of hydrogen-bond donors (Lipinski definition) is 1. The summed E-state index contributed by atoms with van der Waals surface area (Å²) in [4.78, 5) is 0. The summed E-state index contributed by atoms with van der Waals surface area (Å²) in [5.41, 5.74) is 2.09. The van der Waals surface area contributed by atoms with E-state index in [1.807, 2.05) is 26.1 Å². The molecule has 1 aromatic rings. The molecule has 0 aromatic heterocycles. The molecule has 3 unspecified atom stereocenters. The van der Waals surface area contributed by atoms with E-state index >= 15 is 0 Å². The van der Waals surface area contributed by atoms with Crippen molar-refractivity contribution in [2.45, 2.75) is 39.0 Å². The van der Waals surface area contributed by atoms with Crippen molar-refractivity contribution in [1.29, 1.82) is 0 Å². The Bertz CT molecular complexity index is 402. The standard InChI is InChI=1S/C16H24FN/c1-11-4-6-13(10-18-3)14(8-11)15-9-12(2)5-7-16(15)17/h5,7,9,11,13-14,18H,4,6,8,10H2,1-3H3. The summed E-state index contributed by atoms with van der Waals surface area (Å²) in [6.07, 6.45) is 3.60. The summed E-state index contributed by atoms with van der Waals surface area (Å²) in [7, 11) is 1.99. The zero-order valence-electron chi connectivity index (χ0n) is 11.7. The largest absolute Gasteiger partial charge is 0.319 e. The molecular formula is C16H24FN. The van der Waals surface area contributed by atoms with E-state index in [-0.39, 0.29) is 5.82 Å². The van der Waals surface area contributed by atoms with Gasteiger partial charge in [-0.2, -0.15) is 0 Å². The lowest BCUT2D eigenvalue weighted by molar-refractivity contribution is 0.241. The summed E-state index contributed by atoms with van der Waals surface area (Å²) in [6.45, 7) is 5.32. The molecular weight excluding hydrogens is 225 g/mol. The minimum absolute atomic E-state index is 0.0270. The Morgan fingerprint density at radius 2 is 2.11 bits per heavy atom. The average molecular weight is 249 g/mol. The first kappa shape index (κ1) is 13.5. The fraction of sp³-hybridized carbons (Fsp3) is 0.625. The first-order valence-corrected chi connectivity index (χ1v) is 7.02. The summed E-state index contributed by atoms with van der Waals surface area (Å²) in [6, 6.07) is 5.53. The molecule has 0 aliphatic heterocycles. The van der Waals surface area contributed by atoms with Crippen molar-refractivity contribution < 1.29 is 4.39 Å². The van der Waals surface area contributed by atoms with Crippen LogP contribution in [0, 0.1) is 24.6 Å². The van der Waals surface area contributed by atoms with E-state index in [0.717, 1.165) is 24.1 Å². The molecule has 0 amide bonds. The van der Waals surface area contributed by atoms with Gasteiger partial charge in [-0.1, -0.05) is 31.0 Å². The van der Waals surface area contributed by atoms with Gasteiger partial charge in [-0.05, 0) is 62.7 Å². The van der Waals surface area contributed by atoms with E-state index in [1.54, 1.807) is 6.07 Å². The Kier molecular flexibility index (Phi) is 4.39. The van der Waals surface area contributed by atoms with Crippen molar-refractivity contribution in [2.24, 2.45) is 11.8 Å². The molecule has 0 spiro atoms. The van der Waals surface area contributed by atoms with Crippen LogP contribution in [0.5, 0.6) is 0 Å². The van der Waals surface area contributed by atoms with Crippen molar-refractivity contribution >= 4 is 0 Å². The van der Waals surface area contributed by atoms with Crippen LogP contribution >= 0.6 is 0 Å². The second-order valence-electron chi connectivity index (χ2n) is 5.87. The van der Waals surface area contributed by atoms with Crippen molar-refractivity contribution in [2.75, 3.05) is 13.6 Å². The number of aryl methyl sites for hydroxylation is 1. The van der Waals surface area contributed by atoms with Gasteiger partial charge in [0.05, 0.1) is 0 Å². The molecule has 18 heavy (non-hydrogen) atoms. The van der Waals surface area contributed by atoms with Crippen LogP contribution in [0.25, 0.3) is 0 Å². The van der Waals surface area contributed by atoms with Crippen molar-refractivity contribution in [1.82, 2.24) is 5.32 Å². The molecule has 1 fully saturated rings. The fourth-order valence-electron chi connectivity index (χ4n) is 3.28. The minimum Gasteiger partial charge on any atom is -0.319 e. The maximum Gasteiger partial charge on any atom is 0.126 e. The SMILES string of the molecule is CNCC1CCC(C)CC1c1cc(C)ccc1F. The number of hydrogen-bond acceptors (Lipinski definition) is 1.